The first-order chi connectivity index (χ1) is 22.0. The van der Waals surface area contributed by atoms with Crippen LogP contribution in [-0.4, -0.2) is 70.7 Å². The molecule has 1 amide bonds. The quantitative estimate of drug-likeness (QED) is 0.282. The molecule has 0 spiro atoms. The van der Waals surface area contributed by atoms with E-state index in [1.54, 1.807) is 17.0 Å². The maximum absolute atomic E-state index is 12.6. The van der Waals surface area contributed by atoms with E-state index in [0.717, 1.165) is 61.5 Å². The molecule has 3 fully saturated rings. The second kappa shape index (κ2) is 12.6. The van der Waals surface area contributed by atoms with Crippen LogP contribution in [0, 0.1) is 0 Å². The average Bonchev–Trinajstić information content (AvgIpc) is 3.34. The largest absolute Gasteiger partial charge is 0.507 e. The Bertz CT molecular complexity index is 1630. The van der Waals surface area contributed by atoms with E-state index in [1.807, 2.05) is 54.6 Å². The van der Waals surface area contributed by atoms with Gasteiger partial charge in [0, 0.05) is 68.4 Å². The van der Waals surface area contributed by atoms with Crippen molar-refractivity contribution in [1.29, 1.82) is 0 Å². The highest BCUT2D eigenvalue weighted by molar-refractivity contribution is 5.74. The predicted molar refractivity (Wildman–Crippen MR) is 173 cm³/mol. The number of piperidine rings is 1. The number of benzene rings is 3. The first-order valence-electron chi connectivity index (χ1n) is 15.7. The number of aromatic nitrogens is 2. The number of nitrogen functional groups attached to an aromatic ring is 1. The number of rotatable bonds is 7. The Kier molecular flexibility index (Phi) is 8.02. The monoisotopic (exact) mass is 606 g/mol. The van der Waals surface area contributed by atoms with Gasteiger partial charge in [0.05, 0.1) is 11.4 Å². The zero-order chi connectivity index (χ0) is 30.8. The molecule has 3 aliphatic rings. The van der Waals surface area contributed by atoms with Crippen LogP contribution >= 0.6 is 0 Å². The number of hydrogen-bond acceptors (Lipinski definition) is 9. The molecule has 3 aromatic carbocycles. The molecule has 232 valence electrons. The fourth-order valence-electron chi connectivity index (χ4n) is 6.86. The van der Waals surface area contributed by atoms with Crippen molar-refractivity contribution in [2.75, 3.05) is 41.7 Å². The summed E-state index contributed by atoms with van der Waals surface area (Å²) < 4.78 is 12.0. The number of carbonyl (C=O) groups is 1. The molecular weight excluding hydrogens is 568 g/mol. The molecule has 4 heterocycles. The van der Waals surface area contributed by atoms with Gasteiger partial charge >= 0.3 is 6.09 Å². The van der Waals surface area contributed by atoms with Gasteiger partial charge in [-0.05, 0) is 48.7 Å². The van der Waals surface area contributed by atoms with Crippen LogP contribution in [0.3, 0.4) is 0 Å². The summed E-state index contributed by atoms with van der Waals surface area (Å²) in [7, 11) is 0. The minimum Gasteiger partial charge on any atom is -0.507 e. The minimum absolute atomic E-state index is 0.0485. The van der Waals surface area contributed by atoms with Crippen molar-refractivity contribution in [3.63, 3.8) is 0 Å². The Labute approximate surface area is 263 Å². The number of likely N-dealkylation sites (tertiary alicyclic amines) is 1. The minimum atomic E-state index is -0.271. The van der Waals surface area contributed by atoms with Gasteiger partial charge in [-0.2, -0.15) is 0 Å². The number of nitrogens with two attached hydrogens (primary N) is 1. The Balaban J connectivity index is 0.968. The number of ether oxygens (including phenoxy) is 2. The molecule has 4 aromatic rings. The van der Waals surface area contributed by atoms with Gasteiger partial charge in [0.25, 0.3) is 0 Å². The van der Waals surface area contributed by atoms with E-state index in [2.05, 4.69) is 38.2 Å². The van der Waals surface area contributed by atoms with Crippen molar-refractivity contribution in [3.8, 4) is 22.8 Å². The number of nitrogens with zero attached hydrogens (tertiary/aromatic N) is 5. The zero-order valence-electron chi connectivity index (χ0n) is 25.2. The van der Waals surface area contributed by atoms with E-state index in [1.165, 1.54) is 0 Å². The molecule has 45 heavy (non-hydrogen) atoms. The Morgan fingerprint density at radius 1 is 0.867 bits per heavy atom. The van der Waals surface area contributed by atoms with Gasteiger partial charge in [-0.1, -0.05) is 48.5 Å². The number of aromatic hydroxyl groups is 1. The third kappa shape index (κ3) is 6.18. The van der Waals surface area contributed by atoms with Crippen molar-refractivity contribution in [2.45, 2.75) is 50.5 Å². The number of phenols is 1. The number of carbonyl (C=O) groups excluding carboxylic acids is 1. The first-order valence-corrected chi connectivity index (χ1v) is 15.7. The summed E-state index contributed by atoms with van der Waals surface area (Å²) in [6.45, 7) is 3.14. The molecule has 3 N–H and O–H groups in total. The van der Waals surface area contributed by atoms with Gasteiger partial charge in [0.1, 0.15) is 24.2 Å². The summed E-state index contributed by atoms with van der Waals surface area (Å²) in [5, 5.41) is 18.9. The van der Waals surface area contributed by atoms with Crippen LogP contribution in [0.25, 0.3) is 11.3 Å². The van der Waals surface area contributed by atoms with Crippen LogP contribution in [0.4, 0.5) is 22.0 Å². The normalized spacial score (nSPS) is 19.9. The second-order valence-corrected chi connectivity index (χ2v) is 12.1. The smallest absolute Gasteiger partial charge is 0.410 e. The lowest BCUT2D eigenvalue weighted by molar-refractivity contribution is 0.0638. The van der Waals surface area contributed by atoms with Crippen LogP contribution in [0.15, 0.2) is 84.9 Å². The van der Waals surface area contributed by atoms with E-state index in [0.29, 0.717) is 42.2 Å². The standard InChI is InChI=1S/C35H38N6O4/c36-34-32(20-31(37-38-34)30-11-4-5-12-33(30)42)40-21-26-13-14-27(22-40)41(26)25-9-6-10-29(19-25)45-28-15-17-39(18-16-28)35(43)44-23-24-7-2-1-3-8-24/h1-12,19-20,26-28,42H,13-18,21-23H2,(H2,36,38)/t26-,27+. The summed E-state index contributed by atoms with van der Waals surface area (Å²) in [5.74, 6) is 1.42. The van der Waals surface area contributed by atoms with Crippen LogP contribution in [0.2, 0.25) is 0 Å². The zero-order valence-corrected chi connectivity index (χ0v) is 25.2. The highest BCUT2D eigenvalue weighted by Crippen LogP contribution is 2.40. The second-order valence-electron chi connectivity index (χ2n) is 12.1. The predicted octanol–water partition coefficient (Wildman–Crippen LogP) is 5.47. The van der Waals surface area contributed by atoms with Crippen LogP contribution < -0.4 is 20.3 Å². The summed E-state index contributed by atoms with van der Waals surface area (Å²) in [4.78, 5) is 19.2. The molecule has 0 aliphatic carbocycles. The maximum Gasteiger partial charge on any atom is 0.410 e. The van der Waals surface area contributed by atoms with Gasteiger partial charge in [-0.25, -0.2) is 4.79 Å². The van der Waals surface area contributed by atoms with E-state index in [9.17, 15) is 9.90 Å². The van der Waals surface area contributed by atoms with E-state index >= 15 is 0 Å². The molecular formula is C35H38N6O4. The lowest BCUT2D eigenvalue weighted by atomic mass is 10.1. The molecule has 7 rings (SSSR count). The molecule has 2 atom stereocenters. The number of phenolic OH excluding ortho intramolecular Hbond substituents is 1. The highest BCUT2D eigenvalue weighted by Gasteiger charge is 2.41. The molecule has 0 saturated carbocycles. The number of hydrogen-bond donors (Lipinski definition) is 2. The van der Waals surface area contributed by atoms with Crippen molar-refractivity contribution in [1.82, 2.24) is 15.1 Å². The number of fused-ring (bicyclic) bond motifs is 2. The molecule has 10 nitrogen and oxygen atoms in total. The summed E-state index contributed by atoms with van der Waals surface area (Å²) >= 11 is 0. The van der Waals surface area contributed by atoms with Crippen molar-refractivity contribution in [2.24, 2.45) is 0 Å². The SMILES string of the molecule is Nc1nnc(-c2ccccc2O)cc1N1C[C@H]2CC[C@@H](C1)N2c1cccc(OC2CCN(C(=O)OCc3ccccc3)CC2)c1. The summed E-state index contributed by atoms with van der Waals surface area (Å²) in [5.41, 5.74) is 10.6. The lowest BCUT2D eigenvalue weighted by Gasteiger charge is -2.43. The number of piperazine rings is 1. The average molecular weight is 607 g/mol. The van der Waals surface area contributed by atoms with Crippen molar-refractivity contribution >= 4 is 23.3 Å². The molecule has 1 aromatic heterocycles. The Morgan fingerprint density at radius 3 is 2.36 bits per heavy atom. The van der Waals surface area contributed by atoms with Gasteiger partial charge in [-0.3, -0.25) is 0 Å². The Morgan fingerprint density at radius 2 is 1.60 bits per heavy atom. The molecule has 3 saturated heterocycles. The van der Waals surface area contributed by atoms with Crippen LogP contribution in [0.1, 0.15) is 31.2 Å². The fourth-order valence-corrected chi connectivity index (χ4v) is 6.86. The third-order valence-corrected chi connectivity index (χ3v) is 9.13. The summed E-state index contributed by atoms with van der Waals surface area (Å²) in [6, 6.07) is 27.9. The Hall–Kier alpha value is -4.99. The van der Waals surface area contributed by atoms with Gasteiger partial charge in [0.2, 0.25) is 0 Å². The number of anilines is 3. The molecule has 2 bridgehead atoms. The van der Waals surface area contributed by atoms with Gasteiger partial charge in [0.15, 0.2) is 5.82 Å². The summed E-state index contributed by atoms with van der Waals surface area (Å²) in [6.07, 6.45) is 3.49. The van der Waals surface area contributed by atoms with Crippen LogP contribution in [0.5, 0.6) is 11.5 Å². The molecule has 0 unspecified atom stereocenters. The maximum atomic E-state index is 12.6. The molecule has 3 aliphatic heterocycles. The number of amides is 1. The number of para-hydroxylation sites is 1. The van der Waals surface area contributed by atoms with E-state index < -0.39 is 0 Å². The highest BCUT2D eigenvalue weighted by atomic mass is 16.6. The lowest BCUT2D eigenvalue weighted by Crippen LogP contribution is -2.54. The third-order valence-electron chi connectivity index (χ3n) is 9.13. The topological polar surface area (TPSA) is 117 Å². The van der Waals surface area contributed by atoms with Crippen molar-refractivity contribution in [3.05, 3.63) is 90.5 Å². The fraction of sp³-hybridized carbons (Fsp3) is 0.343. The van der Waals surface area contributed by atoms with E-state index in [-0.39, 0.29) is 24.6 Å². The van der Waals surface area contributed by atoms with Crippen molar-refractivity contribution < 1.29 is 19.4 Å². The molecule has 10 heteroatoms. The van der Waals surface area contributed by atoms with Gasteiger partial charge < -0.3 is 35.0 Å². The van der Waals surface area contributed by atoms with E-state index in [4.69, 9.17) is 15.2 Å². The van der Waals surface area contributed by atoms with Gasteiger partial charge in [-0.15, -0.1) is 10.2 Å². The molecule has 0 radical (unpaired) electrons. The van der Waals surface area contributed by atoms with Crippen LogP contribution in [-0.2, 0) is 11.3 Å². The first kappa shape index (κ1) is 28.8.